The number of pyridine rings is 1. The monoisotopic (exact) mass is 460 g/mol. The first-order valence-corrected chi connectivity index (χ1v) is 11.8. The van der Waals surface area contributed by atoms with Gasteiger partial charge < -0.3 is 10.2 Å². The smallest absolute Gasteiger partial charge is 0.230 e. The highest BCUT2D eigenvalue weighted by atomic mass is 35.5. The molecule has 1 aliphatic heterocycles. The van der Waals surface area contributed by atoms with Gasteiger partial charge in [0.05, 0.1) is 27.2 Å². The van der Waals surface area contributed by atoms with E-state index in [2.05, 4.69) is 15.3 Å². The molecule has 3 aromatic heterocycles. The van der Waals surface area contributed by atoms with E-state index >= 15 is 0 Å². The molecule has 0 aromatic carbocycles. The minimum absolute atomic E-state index is 0.00187. The van der Waals surface area contributed by atoms with Gasteiger partial charge in [0, 0.05) is 24.7 Å². The number of carbonyl (C=O) groups excluding carboxylic acids is 2. The molecule has 6 nitrogen and oxygen atoms in total. The van der Waals surface area contributed by atoms with E-state index in [0.29, 0.717) is 18.9 Å². The third kappa shape index (κ3) is 5.06. The number of piperidine rings is 1. The fourth-order valence-corrected chi connectivity index (χ4v) is 5.32. The standard InChI is InChI=1S/C21H21ClN4O2S2/c1-13-4-7-18(23-10-13)25-20(28)14-3-2-8-26(11-14)19(27)9-15-12-29-21(24-15)16-5-6-17(22)30-16/h4-7,10,12,14H,2-3,8-9,11H2,1H3,(H,23,25,28). The lowest BCUT2D eigenvalue weighted by molar-refractivity contribution is -0.134. The molecule has 1 atom stereocenters. The number of anilines is 1. The number of amides is 2. The quantitative estimate of drug-likeness (QED) is 0.601. The van der Waals surface area contributed by atoms with Crippen LogP contribution in [0.5, 0.6) is 0 Å². The number of nitrogens with one attached hydrogen (secondary N) is 1. The van der Waals surface area contributed by atoms with Crippen LogP contribution in [0.3, 0.4) is 0 Å². The average molecular weight is 461 g/mol. The number of thiazole rings is 1. The van der Waals surface area contributed by atoms with Crippen molar-refractivity contribution in [3.8, 4) is 9.88 Å². The molecule has 0 aliphatic carbocycles. The van der Waals surface area contributed by atoms with Gasteiger partial charge in [0.1, 0.15) is 10.8 Å². The van der Waals surface area contributed by atoms with Crippen LogP contribution < -0.4 is 5.32 Å². The van der Waals surface area contributed by atoms with Crippen LogP contribution in [0, 0.1) is 12.8 Å². The Bertz CT molecular complexity index is 1050. The summed E-state index contributed by atoms with van der Waals surface area (Å²) in [6.45, 7) is 3.04. The van der Waals surface area contributed by atoms with Crippen molar-refractivity contribution < 1.29 is 9.59 Å². The van der Waals surface area contributed by atoms with Gasteiger partial charge in [-0.05, 0) is 43.5 Å². The Morgan fingerprint density at radius 3 is 2.90 bits per heavy atom. The summed E-state index contributed by atoms with van der Waals surface area (Å²) in [6.07, 6.45) is 3.53. The highest BCUT2D eigenvalue weighted by molar-refractivity contribution is 7.23. The first kappa shape index (κ1) is 21.0. The van der Waals surface area contributed by atoms with Crippen molar-refractivity contribution in [2.45, 2.75) is 26.2 Å². The van der Waals surface area contributed by atoms with E-state index in [9.17, 15) is 9.59 Å². The summed E-state index contributed by atoms with van der Waals surface area (Å²) in [5.74, 6) is 0.221. The molecule has 9 heteroatoms. The number of carbonyl (C=O) groups is 2. The summed E-state index contributed by atoms with van der Waals surface area (Å²) >= 11 is 8.98. The van der Waals surface area contributed by atoms with E-state index < -0.39 is 0 Å². The van der Waals surface area contributed by atoms with Crippen molar-refractivity contribution in [2.75, 3.05) is 18.4 Å². The zero-order valence-corrected chi connectivity index (χ0v) is 18.8. The van der Waals surface area contributed by atoms with Crippen LogP contribution in [0.15, 0.2) is 35.8 Å². The molecule has 0 spiro atoms. The van der Waals surface area contributed by atoms with Gasteiger partial charge in [-0.2, -0.15) is 0 Å². The maximum Gasteiger partial charge on any atom is 0.230 e. The van der Waals surface area contributed by atoms with Crippen molar-refractivity contribution in [3.63, 3.8) is 0 Å². The number of thiophene rings is 1. The number of likely N-dealkylation sites (tertiary alicyclic amines) is 1. The molecule has 3 aromatic rings. The van der Waals surface area contributed by atoms with Crippen LogP contribution in [0.25, 0.3) is 9.88 Å². The second kappa shape index (κ2) is 9.24. The zero-order chi connectivity index (χ0) is 21.1. The van der Waals surface area contributed by atoms with E-state index in [1.165, 1.54) is 22.7 Å². The van der Waals surface area contributed by atoms with Crippen LogP contribution in [0.4, 0.5) is 5.82 Å². The second-order valence-corrected chi connectivity index (χ2v) is 9.89. The Morgan fingerprint density at radius 1 is 1.30 bits per heavy atom. The molecule has 0 saturated carbocycles. The third-order valence-electron chi connectivity index (χ3n) is 4.98. The molecule has 1 fully saturated rings. The van der Waals surface area contributed by atoms with Gasteiger partial charge in [-0.25, -0.2) is 9.97 Å². The summed E-state index contributed by atoms with van der Waals surface area (Å²) in [6, 6.07) is 7.48. The number of aryl methyl sites for hydroxylation is 1. The number of rotatable bonds is 5. The van der Waals surface area contributed by atoms with Gasteiger partial charge in [-0.3, -0.25) is 9.59 Å². The van der Waals surface area contributed by atoms with E-state index in [0.717, 1.165) is 38.3 Å². The maximum absolute atomic E-state index is 12.8. The lowest BCUT2D eigenvalue weighted by Gasteiger charge is -2.32. The molecule has 1 saturated heterocycles. The predicted octanol–water partition coefficient (Wildman–Crippen LogP) is 4.65. The van der Waals surface area contributed by atoms with E-state index in [-0.39, 0.29) is 24.2 Å². The molecule has 0 radical (unpaired) electrons. The molecule has 2 amide bonds. The summed E-state index contributed by atoms with van der Waals surface area (Å²) < 4.78 is 0.719. The number of nitrogens with zero attached hydrogens (tertiary/aromatic N) is 3. The van der Waals surface area contributed by atoms with E-state index in [1.54, 1.807) is 17.2 Å². The molecular weight excluding hydrogens is 440 g/mol. The first-order valence-electron chi connectivity index (χ1n) is 9.69. The van der Waals surface area contributed by atoms with Crippen LogP contribution in [0.2, 0.25) is 4.34 Å². The van der Waals surface area contributed by atoms with Crippen LogP contribution >= 0.6 is 34.3 Å². The summed E-state index contributed by atoms with van der Waals surface area (Å²) in [4.78, 5) is 37.0. The molecular formula is C21H21ClN4O2S2. The number of aromatic nitrogens is 2. The molecule has 30 heavy (non-hydrogen) atoms. The van der Waals surface area contributed by atoms with Crippen molar-refractivity contribution in [1.29, 1.82) is 0 Å². The minimum atomic E-state index is -0.231. The van der Waals surface area contributed by atoms with Gasteiger partial charge in [-0.1, -0.05) is 17.7 Å². The lowest BCUT2D eigenvalue weighted by Crippen LogP contribution is -2.44. The topological polar surface area (TPSA) is 75.2 Å². The first-order chi connectivity index (χ1) is 14.5. The Kier molecular flexibility index (Phi) is 6.46. The van der Waals surface area contributed by atoms with Crippen molar-refractivity contribution in [3.05, 3.63) is 51.4 Å². The van der Waals surface area contributed by atoms with Gasteiger partial charge in [0.25, 0.3) is 0 Å². The van der Waals surface area contributed by atoms with Gasteiger partial charge in [-0.15, -0.1) is 22.7 Å². The van der Waals surface area contributed by atoms with Gasteiger partial charge in [0.2, 0.25) is 11.8 Å². The van der Waals surface area contributed by atoms with Crippen LogP contribution in [-0.2, 0) is 16.0 Å². The van der Waals surface area contributed by atoms with Crippen molar-refractivity contribution in [2.24, 2.45) is 5.92 Å². The maximum atomic E-state index is 12.8. The van der Waals surface area contributed by atoms with Crippen molar-refractivity contribution >= 4 is 51.9 Å². The molecule has 1 aliphatic rings. The van der Waals surface area contributed by atoms with Crippen LogP contribution in [0.1, 0.15) is 24.1 Å². The molecule has 1 N–H and O–H groups in total. The second-order valence-electron chi connectivity index (χ2n) is 7.31. The normalized spacial score (nSPS) is 16.5. The summed E-state index contributed by atoms with van der Waals surface area (Å²) in [7, 11) is 0. The molecule has 0 bridgehead atoms. The van der Waals surface area contributed by atoms with Crippen molar-refractivity contribution in [1.82, 2.24) is 14.9 Å². The Balaban J connectivity index is 1.34. The van der Waals surface area contributed by atoms with Gasteiger partial charge >= 0.3 is 0 Å². The minimum Gasteiger partial charge on any atom is -0.342 e. The third-order valence-corrected chi connectivity index (χ3v) is 7.27. The number of hydrogen-bond acceptors (Lipinski definition) is 6. The predicted molar refractivity (Wildman–Crippen MR) is 121 cm³/mol. The number of halogens is 1. The Hall–Kier alpha value is -2.29. The SMILES string of the molecule is Cc1ccc(NC(=O)C2CCCN(C(=O)Cc3csc(-c4ccc(Cl)s4)n3)C2)nc1. The number of hydrogen-bond donors (Lipinski definition) is 1. The highest BCUT2D eigenvalue weighted by Crippen LogP contribution is 2.33. The van der Waals surface area contributed by atoms with Crippen LogP contribution in [-0.4, -0.2) is 39.8 Å². The molecule has 4 heterocycles. The lowest BCUT2D eigenvalue weighted by atomic mass is 9.96. The fraction of sp³-hybridized carbons (Fsp3) is 0.333. The summed E-state index contributed by atoms with van der Waals surface area (Å²) in [5, 5.41) is 5.65. The van der Waals surface area contributed by atoms with E-state index in [4.69, 9.17) is 11.6 Å². The highest BCUT2D eigenvalue weighted by Gasteiger charge is 2.29. The summed E-state index contributed by atoms with van der Waals surface area (Å²) in [5.41, 5.74) is 1.79. The molecule has 1 unspecified atom stereocenters. The molecule has 4 rings (SSSR count). The fourth-order valence-electron chi connectivity index (χ4n) is 3.39. The Labute approximate surface area is 187 Å². The Morgan fingerprint density at radius 2 is 2.17 bits per heavy atom. The average Bonchev–Trinajstić information content (AvgIpc) is 3.38. The van der Waals surface area contributed by atoms with Gasteiger partial charge in [0.15, 0.2) is 0 Å². The molecule has 156 valence electrons. The largest absolute Gasteiger partial charge is 0.342 e. The van der Waals surface area contributed by atoms with E-state index in [1.807, 2.05) is 30.5 Å². The zero-order valence-electron chi connectivity index (χ0n) is 16.4.